The zero-order valence-electron chi connectivity index (χ0n) is 19.5. The Morgan fingerprint density at radius 1 is 1.17 bits per heavy atom. The van der Waals surface area contributed by atoms with Crippen molar-refractivity contribution in [3.8, 4) is 11.6 Å². The lowest BCUT2D eigenvalue weighted by Crippen LogP contribution is -2.62. The number of carbonyl (C=O) groups excluding carboxylic acids is 1. The van der Waals surface area contributed by atoms with E-state index in [1.54, 1.807) is 12.1 Å². The summed E-state index contributed by atoms with van der Waals surface area (Å²) >= 11 is 0. The molecule has 3 saturated heterocycles. The molecule has 2 N–H and O–H groups in total. The van der Waals surface area contributed by atoms with E-state index in [0.29, 0.717) is 69.5 Å². The van der Waals surface area contributed by atoms with Crippen LogP contribution in [0.25, 0.3) is 17.4 Å². The lowest BCUT2D eigenvalue weighted by molar-refractivity contribution is -0.175. The molecule has 1 amide bonds. The second kappa shape index (κ2) is 8.32. The molecule has 0 saturated carbocycles. The van der Waals surface area contributed by atoms with E-state index >= 15 is 0 Å². The number of carbonyl (C=O) groups is 1. The zero-order valence-corrected chi connectivity index (χ0v) is 19.5. The van der Waals surface area contributed by atoms with E-state index < -0.39 is 18.8 Å². The molecule has 3 aliphatic rings. The number of piperidine rings is 1. The number of fused-ring (bicyclic) bond motifs is 1. The van der Waals surface area contributed by atoms with E-state index in [-0.39, 0.29) is 23.0 Å². The van der Waals surface area contributed by atoms with Gasteiger partial charge in [-0.25, -0.2) is 0 Å². The average molecular weight is 506 g/mol. The van der Waals surface area contributed by atoms with Crippen molar-refractivity contribution in [1.82, 2.24) is 34.4 Å². The van der Waals surface area contributed by atoms with Gasteiger partial charge in [-0.1, -0.05) is 0 Å². The number of hydrogen-bond acceptors (Lipinski definition) is 9. The molecule has 3 aliphatic heterocycles. The van der Waals surface area contributed by atoms with Crippen molar-refractivity contribution in [2.24, 2.45) is 5.41 Å². The molecular formula is C22H26F3N9O2. The quantitative estimate of drug-likeness (QED) is 0.566. The van der Waals surface area contributed by atoms with E-state index in [1.165, 1.54) is 15.7 Å². The summed E-state index contributed by atoms with van der Waals surface area (Å²) in [5.74, 6) is 1.49. The second-order valence-electron chi connectivity index (χ2n) is 9.94. The Balaban J connectivity index is 1.14. The minimum absolute atomic E-state index is 0.00592. The number of hydrogen-bond donors (Lipinski definition) is 1. The van der Waals surface area contributed by atoms with Crippen LogP contribution in [0.15, 0.2) is 22.8 Å². The number of nitrogens with two attached hydrogens (primary N) is 1. The van der Waals surface area contributed by atoms with Gasteiger partial charge in [0.1, 0.15) is 6.04 Å². The van der Waals surface area contributed by atoms with Crippen LogP contribution in [-0.2, 0) is 4.79 Å². The van der Waals surface area contributed by atoms with Gasteiger partial charge in [0.15, 0.2) is 5.76 Å². The number of anilines is 2. The summed E-state index contributed by atoms with van der Waals surface area (Å²) < 4.78 is 44.6. The second-order valence-corrected chi connectivity index (χ2v) is 9.94. The molecule has 0 aliphatic carbocycles. The zero-order chi connectivity index (χ0) is 25.1. The molecule has 0 aromatic carbocycles. The van der Waals surface area contributed by atoms with Gasteiger partial charge in [-0.3, -0.25) is 9.69 Å². The van der Waals surface area contributed by atoms with Gasteiger partial charge in [0.05, 0.1) is 12.8 Å². The van der Waals surface area contributed by atoms with Crippen LogP contribution in [0.5, 0.6) is 0 Å². The first-order valence-electron chi connectivity index (χ1n) is 12.0. The molecule has 14 heteroatoms. The molecule has 3 aromatic rings. The number of rotatable bonds is 4. The Kier molecular flexibility index (Phi) is 5.32. The first-order chi connectivity index (χ1) is 17.2. The van der Waals surface area contributed by atoms with Crippen LogP contribution in [0.4, 0.5) is 25.1 Å². The molecule has 1 spiro atoms. The van der Waals surface area contributed by atoms with Crippen LogP contribution >= 0.6 is 0 Å². The summed E-state index contributed by atoms with van der Waals surface area (Å²) in [6, 6.07) is 3.04. The monoisotopic (exact) mass is 505 g/mol. The fraction of sp³-hybridized carbons (Fsp3) is 0.591. The molecular weight excluding hydrogens is 479 g/mol. The highest BCUT2D eigenvalue weighted by Gasteiger charge is 2.49. The van der Waals surface area contributed by atoms with E-state index in [9.17, 15) is 18.0 Å². The predicted octanol–water partition coefficient (Wildman–Crippen LogP) is 1.82. The Morgan fingerprint density at radius 3 is 2.64 bits per heavy atom. The maximum absolute atomic E-state index is 13.5. The number of likely N-dealkylation sites (tertiary alicyclic amines) is 2. The van der Waals surface area contributed by atoms with Crippen LogP contribution in [0.3, 0.4) is 0 Å². The van der Waals surface area contributed by atoms with Gasteiger partial charge >= 0.3 is 6.18 Å². The minimum Gasteiger partial charge on any atom is -0.461 e. The van der Waals surface area contributed by atoms with Crippen LogP contribution in [0.2, 0.25) is 0 Å². The highest BCUT2D eigenvalue weighted by molar-refractivity contribution is 5.85. The highest BCUT2D eigenvalue weighted by Crippen LogP contribution is 2.42. The topological polar surface area (TPSA) is 122 Å². The third kappa shape index (κ3) is 4.12. The standard InChI is InChI=1S/C22H26F3N9O2/c23-22(24,25)13-31-11-21(12-31)5-8-32(9-6-21)17(35)14-3-1-7-33(14)19-28-18(26)34-20(29-19)27-16(30-34)15-4-2-10-36-15/h2,4,10,14H,1,3,5-9,11-13H2,(H2,26,27,28,29,30)/t14-/m0/s1. The van der Waals surface area contributed by atoms with Gasteiger partial charge in [0.2, 0.25) is 23.6 Å². The average Bonchev–Trinajstić information content (AvgIpc) is 3.57. The fourth-order valence-corrected chi connectivity index (χ4v) is 5.69. The van der Waals surface area contributed by atoms with Crippen molar-refractivity contribution in [1.29, 1.82) is 0 Å². The first-order valence-corrected chi connectivity index (χ1v) is 12.0. The normalized spacial score (nSPS) is 22.5. The third-order valence-corrected chi connectivity index (χ3v) is 7.41. The molecule has 36 heavy (non-hydrogen) atoms. The van der Waals surface area contributed by atoms with Gasteiger partial charge < -0.3 is 20.0 Å². The fourth-order valence-electron chi connectivity index (χ4n) is 5.69. The lowest BCUT2D eigenvalue weighted by atomic mass is 9.72. The summed E-state index contributed by atoms with van der Waals surface area (Å²) in [5, 5.41) is 4.30. The number of amides is 1. The summed E-state index contributed by atoms with van der Waals surface area (Å²) in [6.07, 6.45) is 0.242. The minimum atomic E-state index is -4.18. The van der Waals surface area contributed by atoms with Crippen molar-refractivity contribution in [2.75, 3.05) is 49.9 Å². The van der Waals surface area contributed by atoms with Crippen molar-refractivity contribution < 1.29 is 22.4 Å². The van der Waals surface area contributed by atoms with Gasteiger partial charge in [0.25, 0.3) is 5.78 Å². The van der Waals surface area contributed by atoms with Crippen LogP contribution in [0, 0.1) is 5.41 Å². The van der Waals surface area contributed by atoms with Crippen molar-refractivity contribution in [3.63, 3.8) is 0 Å². The Bertz CT molecular complexity index is 1260. The SMILES string of the molecule is Nc1nc(N2CCC[C@H]2C(=O)N2CCC3(CC2)CN(CC(F)(F)F)C3)nc2nc(-c3ccco3)nn12. The van der Waals surface area contributed by atoms with Gasteiger partial charge in [-0.2, -0.15) is 32.6 Å². The number of nitrogens with zero attached hydrogens (tertiary/aromatic N) is 8. The maximum Gasteiger partial charge on any atom is 0.401 e. The Morgan fingerprint density at radius 2 is 1.94 bits per heavy atom. The first kappa shape index (κ1) is 23.0. The summed E-state index contributed by atoms with van der Waals surface area (Å²) in [5.41, 5.74) is 6.03. The van der Waals surface area contributed by atoms with Crippen LogP contribution < -0.4 is 10.6 Å². The van der Waals surface area contributed by atoms with Gasteiger partial charge in [-0.05, 0) is 43.2 Å². The van der Waals surface area contributed by atoms with E-state index in [2.05, 4.69) is 20.1 Å². The highest BCUT2D eigenvalue weighted by atomic mass is 19.4. The molecule has 1 atom stereocenters. The molecule has 0 unspecified atom stereocenters. The molecule has 6 heterocycles. The summed E-state index contributed by atoms with van der Waals surface area (Å²) in [7, 11) is 0. The maximum atomic E-state index is 13.5. The van der Waals surface area contributed by atoms with Crippen molar-refractivity contribution in [2.45, 2.75) is 37.9 Å². The largest absolute Gasteiger partial charge is 0.461 e. The Labute approximate surface area is 204 Å². The molecule has 11 nitrogen and oxygen atoms in total. The van der Waals surface area contributed by atoms with Crippen molar-refractivity contribution >= 4 is 23.6 Å². The number of nitrogen functional groups attached to an aromatic ring is 1. The van der Waals surface area contributed by atoms with Gasteiger partial charge in [-0.15, -0.1) is 5.10 Å². The van der Waals surface area contributed by atoms with Crippen LogP contribution in [0.1, 0.15) is 25.7 Å². The summed E-state index contributed by atoms with van der Waals surface area (Å²) in [4.78, 5) is 31.9. The number of aromatic nitrogens is 5. The molecule has 0 radical (unpaired) electrons. The molecule has 6 rings (SSSR count). The van der Waals surface area contributed by atoms with E-state index in [0.717, 1.165) is 6.42 Å². The smallest absolute Gasteiger partial charge is 0.401 e. The van der Waals surface area contributed by atoms with Crippen molar-refractivity contribution in [3.05, 3.63) is 18.4 Å². The van der Waals surface area contributed by atoms with E-state index in [4.69, 9.17) is 10.2 Å². The molecule has 192 valence electrons. The number of alkyl halides is 3. The Hall–Kier alpha value is -3.42. The lowest BCUT2D eigenvalue weighted by Gasteiger charge is -2.54. The van der Waals surface area contributed by atoms with Crippen LogP contribution in [-0.4, -0.2) is 91.8 Å². The molecule has 3 aromatic heterocycles. The third-order valence-electron chi connectivity index (χ3n) is 7.41. The van der Waals surface area contributed by atoms with Gasteiger partial charge in [0, 0.05) is 32.7 Å². The number of furan rings is 1. The number of halogens is 3. The predicted molar refractivity (Wildman–Crippen MR) is 122 cm³/mol. The molecule has 0 bridgehead atoms. The van der Waals surface area contributed by atoms with E-state index in [1.807, 2.05) is 9.80 Å². The summed E-state index contributed by atoms with van der Waals surface area (Å²) in [6.45, 7) is 1.71. The molecule has 3 fully saturated rings.